The second kappa shape index (κ2) is 5.77. The number of fused-ring (bicyclic) bond motifs is 1. The Kier molecular flexibility index (Phi) is 3.99. The smallest absolute Gasteiger partial charge is 0.272 e. The Labute approximate surface area is 125 Å². The van der Waals surface area contributed by atoms with Gasteiger partial charge in [0, 0.05) is 26.8 Å². The lowest BCUT2D eigenvalue weighted by Crippen LogP contribution is -2.55. The van der Waals surface area contributed by atoms with Crippen LogP contribution in [0.15, 0.2) is 6.07 Å². The highest BCUT2D eigenvalue weighted by Crippen LogP contribution is 2.31. The van der Waals surface area contributed by atoms with Gasteiger partial charge in [0.05, 0.1) is 17.8 Å². The van der Waals surface area contributed by atoms with Crippen molar-refractivity contribution in [2.75, 3.05) is 20.3 Å². The average Bonchev–Trinajstić information content (AvgIpc) is 3.11. The largest absolute Gasteiger partial charge is 0.379 e. The highest BCUT2D eigenvalue weighted by Gasteiger charge is 2.44. The van der Waals surface area contributed by atoms with Gasteiger partial charge in [-0.15, -0.1) is 0 Å². The SMILES string of the molecule is CCn1nc(C)cc1C(=O)N1CC[C@@H](OC)[C@H]2OCC[C@@H]21. The molecule has 3 heterocycles. The first-order valence-electron chi connectivity index (χ1n) is 7.65. The molecule has 0 spiro atoms. The maximum atomic E-state index is 12.9. The van der Waals surface area contributed by atoms with Crippen molar-refractivity contribution in [2.24, 2.45) is 0 Å². The van der Waals surface area contributed by atoms with Gasteiger partial charge >= 0.3 is 0 Å². The highest BCUT2D eigenvalue weighted by atomic mass is 16.5. The molecule has 1 aromatic rings. The van der Waals surface area contributed by atoms with Crippen LogP contribution in [0.2, 0.25) is 0 Å². The number of hydrogen-bond acceptors (Lipinski definition) is 4. The summed E-state index contributed by atoms with van der Waals surface area (Å²) in [6.07, 6.45) is 1.81. The second-order valence-corrected chi connectivity index (χ2v) is 5.74. The number of rotatable bonds is 3. The molecule has 0 unspecified atom stereocenters. The molecule has 0 radical (unpaired) electrons. The number of carbonyl (C=O) groups excluding carboxylic acids is 1. The van der Waals surface area contributed by atoms with Gasteiger partial charge in [0.15, 0.2) is 0 Å². The van der Waals surface area contributed by atoms with Crippen molar-refractivity contribution >= 4 is 5.91 Å². The van der Waals surface area contributed by atoms with Gasteiger partial charge in [0.25, 0.3) is 5.91 Å². The average molecular weight is 293 g/mol. The first-order chi connectivity index (χ1) is 10.2. The molecule has 0 N–H and O–H groups in total. The molecule has 0 saturated carbocycles. The molecule has 6 nitrogen and oxygen atoms in total. The number of nitrogens with zero attached hydrogens (tertiary/aromatic N) is 3. The van der Waals surface area contributed by atoms with Gasteiger partial charge in [0.1, 0.15) is 11.8 Å². The molecule has 21 heavy (non-hydrogen) atoms. The van der Waals surface area contributed by atoms with Crippen molar-refractivity contribution in [1.29, 1.82) is 0 Å². The van der Waals surface area contributed by atoms with Crippen LogP contribution in [0, 0.1) is 6.92 Å². The third-order valence-electron chi connectivity index (χ3n) is 4.51. The molecule has 2 aliphatic heterocycles. The number of likely N-dealkylation sites (tertiary alicyclic amines) is 1. The van der Waals surface area contributed by atoms with Crippen LogP contribution < -0.4 is 0 Å². The van der Waals surface area contributed by atoms with Gasteiger partial charge in [-0.25, -0.2) is 0 Å². The summed E-state index contributed by atoms with van der Waals surface area (Å²) in [4.78, 5) is 14.9. The Morgan fingerprint density at radius 2 is 2.33 bits per heavy atom. The van der Waals surface area contributed by atoms with Crippen molar-refractivity contribution in [3.63, 3.8) is 0 Å². The molecular formula is C15H23N3O3. The summed E-state index contributed by atoms with van der Waals surface area (Å²) >= 11 is 0. The molecule has 2 aliphatic rings. The molecule has 0 bridgehead atoms. The van der Waals surface area contributed by atoms with Crippen LogP contribution in [0.4, 0.5) is 0 Å². The molecular weight excluding hydrogens is 270 g/mol. The molecule has 116 valence electrons. The normalized spacial score (nSPS) is 28.7. The number of methoxy groups -OCH3 is 1. The molecule has 0 aliphatic carbocycles. The fourth-order valence-electron chi connectivity index (χ4n) is 3.49. The van der Waals surface area contributed by atoms with E-state index in [2.05, 4.69) is 5.10 Å². The topological polar surface area (TPSA) is 56.6 Å². The summed E-state index contributed by atoms with van der Waals surface area (Å²) in [6, 6.07) is 2.00. The van der Waals surface area contributed by atoms with Crippen molar-refractivity contribution in [2.45, 2.75) is 51.5 Å². The van der Waals surface area contributed by atoms with Gasteiger partial charge in [0.2, 0.25) is 0 Å². The summed E-state index contributed by atoms with van der Waals surface area (Å²) < 4.78 is 13.1. The van der Waals surface area contributed by atoms with Gasteiger partial charge < -0.3 is 14.4 Å². The Morgan fingerprint density at radius 3 is 3.05 bits per heavy atom. The monoisotopic (exact) mass is 293 g/mol. The van der Waals surface area contributed by atoms with Gasteiger partial charge in [-0.3, -0.25) is 9.48 Å². The van der Waals surface area contributed by atoms with E-state index >= 15 is 0 Å². The second-order valence-electron chi connectivity index (χ2n) is 5.74. The molecule has 1 aromatic heterocycles. The van der Waals surface area contributed by atoms with E-state index < -0.39 is 0 Å². The number of carbonyl (C=O) groups is 1. The Bertz CT molecular complexity index is 528. The van der Waals surface area contributed by atoms with E-state index in [4.69, 9.17) is 9.47 Å². The van der Waals surface area contributed by atoms with Crippen molar-refractivity contribution in [3.8, 4) is 0 Å². The first kappa shape index (κ1) is 14.5. The van der Waals surface area contributed by atoms with E-state index in [1.54, 1.807) is 11.8 Å². The van der Waals surface area contributed by atoms with Gasteiger partial charge in [-0.2, -0.15) is 5.10 Å². The fraction of sp³-hybridized carbons (Fsp3) is 0.733. The third-order valence-corrected chi connectivity index (χ3v) is 4.51. The highest BCUT2D eigenvalue weighted by molar-refractivity contribution is 5.93. The van der Waals surface area contributed by atoms with Gasteiger partial charge in [-0.05, 0) is 32.8 Å². The van der Waals surface area contributed by atoms with Gasteiger partial charge in [-0.1, -0.05) is 0 Å². The predicted octanol–water partition coefficient (Wildman–Crippen LogP) is 1.23. The minimum Gasteiger partial charge on any atom is -0.379 e. The number of piperidine rings is 1. The number of amides is 1. The zero-order chi connectivity index (χ0) is 15.0. The summed E-state index contributed by atoms with van der Waals surface area (Å²) in [5.41, 5.74) is 1.56. The van der Waals surface area contributed by atoms with E-state index in [0.717, 1.165) is 25.1 Å². The van der Waals surface area contributed by atoms with Crippen LogP contribution in [0.5, 0.6) is 0 Å². The molecule has 2 saturated heterocycles. The minimum atomic E-state index is 0.00629. The number of aromatic nitrogens is 2. The maximum absolute atomic E-state index is 12.9. The maximum Gasteiger partial charge on any atom is 0.272 e. The van der Waals surface area contributed by atoms with Crippen LogP contribution in [0.25, 0.3) is 0 Å². The lowest BCUT2D eigenvalue weighted by molar-refractivity contribution is -0.0755. The van der Waals surface area contributed by atoms with Crippen molar-refractivity contribution in [3.05, 3.63) is 17.5 Å². The molecule has 2 fully saturated rings. The Morgan fingerprint density at radius 1 is 1.52 bits per heavy atom. The van der Waals surface area contributed by atoms with E-state index in [1.165, 1.54) is 0 Å². The Balaban J connectivity index is 1.84. The van der Waals surface area contributed by atoms with E-state index in [-0.39, 0.29) is 24.2 Å². The Hall–Kier alpha value is -1.40. The van der Waals surface area contributed by atoms with E-state index in [1.807, 2.05) is 24.8 Å². The number of ether oxygens (including phenoxy) is 2. The lowest BCUT2D eigenvalue weighted by Gasteiger charge is -2.40. The lowest BCUT2D eigenvalue weighted by atomic mass is 9.95. The van der Waals surface area contributed by atoms with Crippen LogP contribution in [0.3, 0.4) is 0 Å². The molecule has 1 amide bonds. The van der Waals surface area contributed by atoms with E-state index in [9.17, 15) is 4.79 Å². The van der Waals surface area contributed by atoms with Crippen LogP contribution in [0.1, 0.15) is 35.9 Å². The van der Waals surface area contributed by atoms with Crippen LogP contribution >= 0.6 is 0 Å². The number of hydrogen-bond donors (Lipinski definition) is 0. The fourth-order valence-corrected chi connectivity index (χ4v) is 3.49. The summed E-state index contributed by atoms with van der Waals surface area (Å²) in [5.74, 6) is 0.0625. The van der Waals surface area contributed by atoms with Crippen LogP contribution in [-0.2, 0) is 16.0 Å². The summed E-state index contributed by atoms with van der Waals surface area (Å²) in [5, 5.41) is 4.37. The standard InChI is InChI=1S/C15H23N3O3/c1-4-18-12(9-10(2)16-18)15(19)17-7-5-13(20-3)14-11(17)6-8-21-14/h9,11,13-14H,4-8H2,1-3H3/t11-,13+,14-/m0/s1. The molecule has 3 atom stereocenters. The molecule has 0 aromatic carbocycles. The quantitative estimate of drug-likeness (QED) is 0.841. The zero-order valence-electron chi connectivity index (χ0n) is 12.9. The molecule has 6 heteroatoms. The zero-order valence-corrected chi connectivity index (χ0v) is 12.9. The van der Waals surface area contributed by atoms with E-state index in [0.29, 0.717) is 18.8 Å². The molecule has 3 rings (SSSR count). The minimum absolute atomic E-state index is 0.00629. The third kappa shape index (κ3) is 2.46. The predicted molar refractivity (Wildman–Crippen MR) is 77.2 cm³/mol. The van der Waals surface area contributed by atoms with Crippen molar-refractivity contribution in [1.82, 2.24) is 14.7 Å². The van der Waals surface area contributed by atoms with Crippen LogP contribution in [-0.4, -0.2) is 59.1 Å². The number of aryl methyl sites for hydroxylation is 2. The summed E-state index contributed by atoms with van der Waals surface area (Å²) in [7, 11) is 1.72. The summed E-state index contributed by atoms with van der Waals surface area (Å²) in [6.45, 7) is 6.04. The first-order valence-corrected chi connectivity index (χ1v) is 7.65. The van der Waals surface area contributed by atoms with Crippen molar-refractivity contribution < 1.29 is 14.3 Å².